The lowest BCUT2D eigenvalue weighted by Crippen LogP contribution is -2.51. The predicted octanol–water partition coefficient (Wildman–Crippen LogP) is 6.89. The molecule has 0 bridgehead atoms. The Kier molecular flexibility index (Phi) is 8.91. The average molecular weight is 629 g/mol. The van der Waals surface area contributed by atoms with Crippen molar-refractivity contribution in [1.29, 1.82) is 0 Å². The van der Waals surface area contributed by atoms with Gasteiger partial charge in [-0.05, 0) is 47.2 Å². The molecule has 0 atom stereocenters. The van der Waals surface area contributed by atoms with Crippen LogP contribution in [-0.4, -0.2) is 60.4 Å². The number of aryl methyl sites for hydroxylation is 1. The van der Waals surface area contributed by atoms with Crippen molar-refractivity contribution in [3.8, 4) is 16.9 Å². The lowest BCUT2D eigenvalue weighted by Gasteiger charge is -2.44. The average Bonchev–Trinajstić information content (AvgIpc) is 2.86. The van der Waals surface area contributed by atoms with E-state index in [2.05, 4.69) is 0 Å². The van der Waals surface area contributed by atoms with E-state index in [0.717, 1.165) is 35.3 Å². The molecule has 0 radical (unpaired) electrons. The molecule has 2 aliphatic rings. The van der Waals surface area contributed by atoms with Crippen LogP contribution in [0.1, 0.15) is 36.8 Å². The molecule has 0 unspecified atom stereocenters. The second-order valence-electron chi connectivity index (χ2n) is 9.92. The molecule has 0 aliphatic carbocycles. The number of carbonyl (C=O) groups excluding carboxylic acids is 1. The Morgan fingerprint density at radius 2 is 1.64 bits per heavy atom. The Morgan fingerprint density at radius 3 is 2.26 bits per heavy atom. The van der Waals surface area contributed by atoms with Gasteiger partial charge in [-0.25, -0.2) is 13.2 Å². The van der Waals surface area contributed by atoms with Gasteiger partial charge in [-0.3, -0.25) is 0 Å². The molecule has 13 heteroatoms. The third-order valence-electron chi connectivity index (χ3n) is 6.90. The molecule has 1 fully saturated rings. The summed E-state index contributed by atoms with van der Waals surface area (Å²) in [6.45, 7) is 0.600. The number of hydrogen-bond acceptors (Lipinski definition) is 5. The van der Waals surface area contributed by atoms with Crippen molar-refractivity contribution in [2.45, 2.75) is 53.4 Å². The summed E-state index contributed by atoms with van der Waals surface area (Å²) in [6.07, 6.45) is -3.52. The lowest BCUT2D eigenvalue weighted by molar-refractivity contribution is -0.129. The third-order valence-corrected chi connectivity index (χ3v) is 8.83. The van der Waals surface area contributed by atoms with E-state index in [-0.39, 0.29) is 12.2 Å². The quantitative estimate of drug-likeness (QED) is 0.326. The largest absolute Gasteiger partial charge is 0.487 e. The molecule has 2 aromatic rings. The maximum Gasteiger partial charge on any atom is 0.409 e. The van der Waals surface area contributed by atoms with Crippen molar-refractivity contribution >= 4 is 50.7 Å². The van der Waals surface area contributed by atoms with Gasteiger partial charge in [0.2, 0.25) is 3.79 Å². The number of hydrogen-bond donors (Lipinski definition) is 0. The number of carbonyl (C=O) groups is 1. The van der Waals surface area contributed by atoms with E-state index in [1.54, 1.807) is 29.2 Å². The molecule has 214 valence electrons. The second-order valence-corrected chi connectivity index (χ2v) is 14.6. The number of ether oxygens (including phenoxy) is 2. The second kappa shape index (κ2) is 11.5. The zero-order valence-electron chi connectivity index (χ0n) is 20.8. The minimum absolute atomic E-state index is 0.325. The van der Waals surface area contributed by atoms with Crippen molar-refractivity contribution in [3.63, 3.8) is 0 Å². The number of sulfone groups is 1. The first-order chi connectivity index (χ1) is 18.1. The van der Waals surface area contributed by atoms with Crippen LogP contribution in [0.25, 0.3) is 11.1 Å². The monoisotopic (exact) mass is 627 g/mol. The molecule has 0 saturated carbocycles. The van der Waals surface area contributed by atoms with Crippen LogP contribution in [0.5, 0.6) is 5.75 Å². The number of rotatable bonds is 6. The molecule has 1 spiro atoms. The molecule has 2 aromatic carbocycles. The molecule has 4 rings (SSSR count). The van der Waals surface area contributed by atoms with Crippen molar-refractivity contribution < 1.29 is 35.9 Å². The zero-order valence-corrected chi connectivity index (χ0v) is 23.9. The summed E-state index contributed by atoms with van der Waals surface area (Å²) in [4.78, 5) is 13.8. The first-order valence-electron chi connectivity index (χ1n) is 12.3. The molecule has 1 amide bonds. The van der Waals surface area contributed by atoms with Gasteiger partial charge in [-0.15, -0.1) is 0 Å². The van der Waals surface area contributed by atoms with Gasteiger partial charge in [0.25, 0.3) is 0 Å². The van der Waals surface area contributed by atoms with Crippen molar-refractivity contribution in [1.82, 2.24) is 4.90 Å². The Balaban J connectivity index is 1.35. The highest BCUT2D eigenvalue weighted by Gasteiger charge is 2.41. The SMILES string of the molecule is O=C(OCC(Cl)(Cl)Cl)N1CCC2(CCc3cc(-c4ccc(CS(=O)(=O)CCC(F)(F)F)cc4)ccc3O2)CC1. The maximum absolute atomic E-state index is 12.4. The summed E-state index contributed by atoms with van der Waals surface area (Å²) in [6, 6.07) is 12.6. The van der Waals surface area contributed by atoms with Gasteiger partial charge >= 0.3 is 12.3 Å². The Hall–Kier alpha value is -1.88. The smallest absolute Gasteiger partial charge is 0.409 e. The predicted molar refractivity (Wildman–Crippen MR) is 144 cm³/mol. The molecule has 6 nitrogen and oxygen atoms in total. The first kappa shape index (κ1) is 30.1. The van der Waals surface area contributed by atoms with Crippen LogP contribution in [0.15, 0.2) is 42.5 Å². The third kappa shape index (κ3) is 8.55. The minimum atomic E-state index is -4.51. The maximum atomic E-state index is 12.4. The van der Waals surface area contributed by atoms with E-state index in [1.807, 2.05) is 18.2 Å². The standard InChI is InChI=1S/C26H27Cl3F3NO5S/c27-25(28,29)17-37-23(34)33-12-9-24(10-13-33)8-7-21-15-20(5-6-22(21)38-24)19-3-1-18(2-4-19)16-39(35,36)14-11-26(30,31)32/h1-6,15H,7-14,16-17H2. The number of likely N-dealkylation sites (tertiary alicyclic amines) is 1. The van der Waals surface area contributed by atoms with Gasteiger partial charge in [0.1, 0.15) is 18.0 Å². The molecule has 1 saturated heterocycles. The number of fused-ring (bicyclic) bond motifs is 1. The summed E-state index contributed by atoms with van der Waals surface area (Å²) in [5, 5.41) is 0. The summed E-state index contributed by atoms with van der Waals surface area (Å²) < 4.78 is 71.1. The number of piperidine rings is 1. The molecule has 0 N–H and O–H groups in total. The summed E-state index contributed by atoms with van der Waals surface area (Å²) in [5.41, 5.74) is 2.88. The molecular formula is C26H27Cl3F3NO5S. The topological polar surface area (TPSA) is 72.9 Å². The first-order valence-corrected chi connectivity index (χ1v) is 15.2. The molecule has 0 aromatic heterocycles. The molecule has 39 heavy (non-hydrogen) atoms. The van der Waals surface area contributed by atoms with Crippen LogP contribution in [-0.2, 0) is 26.7 Å². The summed E-state index contributed by atoms with van der Waals surface area (Å²) in [5.74, 6) is -0.584. The number of nitrogens with zero attached hydrogens (tertiary/aromatic N) is 1. The van der Waals surface area contributed by atoms with Gasteiger partial charge in [-0.1, -0.05) is 65.1 Å². The number of benzene rings is 2. The van der Waals surface area contributed by atoms with Crippen molar-refractivity contribution in [2.75, 3.05) is 25.4 Å². The van der Waals surface area contributed by atoms with E-state index in [4.69, 9.17) is 44.3 Å². The zero-order chi connectivity index (χ0) is 28.5. The van der Waals surface area contributed by atoms with E-state index < -0.39 is 43.8 Å². The van der Waals surface area contributed by atoms with Crippen molar-refractivity contribution in [3.05, 3.63) is 53.6 Å². The highest BCUT2D eigenvalue weighted by molar-refractivity contribution is 7.90. The fourth-order valence-corrected chi connectivity index (χ4v) is 6.33. The summed E-state index contributed by atoms with van der Waals surface area (Å²) in [7, 11) is -3.87. The van der Waals surface area contributed by atoms with E-state index in [1.165, 1.54) is 0 Å². The van der Waals surface area contributed by atoms with Gasteiger partial charge in [0.05, 0.1) is 17.9 Å². The van der Waals surface area contributed by atoms with E-state index in [9.17, 15) is 26.4 Å². The van der Waals surface area contributed by atoms with Crippen LogP contribution in [0.2, 0.25) is 0 Å². The Bertz CT molecular complexity index is 1290. The Morgan fingerprint density at radius 1 is 1.00 bits per heavy atom. The molecular weight excluding hydrogens is 602 g/mol. The summed E-state index contributed by atoms with van der Waals surface area (Å²) >= 11 is 16.9. The van der Waals surface area contributed by atoms with Crippen LogP contribution in [0.3, 0.4) is 0 Å². The van der Waals surface area contributed by atoms with Crippen LogP contribution >= 0.6 is 34.8 Å². The van der Waals surface area contributed by atoms with E-state index >= 15 is 0 Å². The Labute approximate surface area is 240 Å². The van der Waals surface area contributed by atoms with E-state index in [0.29, 0.717) is 31.5 Å². The minimum Gasteiger partial charge on any atom is -0.487 e. The molecule has 2 heterocycles. The van der Waals surface area contributed by atoms with Crippen LogP contribution in [0, 0.1) is 0 Å². The normalized spacial score (nSPS) is 17.4. The fourth-order valence-electron chi connectivity index (χ4n) is 4.78. The highest BCUT2D eigenvalue weighted by Crippen LogP contribution is 2.41. The van der Waals surface area contributed by atoms with Crippen molar-refractivity contribution in [2.24, 2.45) is 0 Å². The molecule has 2 aliphatic heterocycles. The van der Waals surface area contributed by atoms with Gasteiger partial charge in [-0.2, -0.15) is 13.2 Å². The lowest BCUT2D eigenvalue weighted by atomic mass is 9.82. The number of amides is 1. The van der Waals surface area contributed by atoms with Crippen LogP contribution in [0.4, 0.5) is 18.0 Å². The fraction of sp³-hybridized carbons (Fsp3) is 0.500. The van der Waals surface area contributed by atoms with Gasteiger partial charge in [0.15, 0.2) is 9.84 Å². The van der Waals surface area contributed by atoms with Gasteiger partial charge in [0, 0.05) is 25.9 Å². The highest BCUT2D eigenvalue weighted by atomic mass is 35.6. The van der Waals surface area contributed by atoms with Crippen LogP contribution < -0.4 is 4.74 Å². The van der Waals surface area contributed by atoms with Gasteiger partial charge < -0.3 is 14.4 Å². The number of halogens is 6. The number of alkyl halides is 6.